The molecule has 1 aromatic rings. The van der Waals surface area contributed by atoms with Crippen molar-refractivity contribution in [3.63, 3.8) is 0 Å². The fraction of sp³-hybridized carbons (Fsp3) is 0.556. The monoisotopic (exact) mass is 368 g/mol. The zero-order valence-corrected chi connectivity index (χ0v) is 15.5. The molecule has 25 heavy (non-hydrogen) atoms. The molecule has 2 rings (SSSR count). The van der Waals surface area contributed by atoms with Gasteiger partial charge in [-0.2, -0.15) is 0 Å². The van der Waals surface area contributed by atoms with E-state index in [0.717, 1.165) is 12.8 Å². The summed E-state index contributed by atoms with van der Waals surface area (Å²) < 4.78 is 10.4. The number of halogens is 1. The molecule has 0 aliphatic carbocycles. The highest BCUT2D eigenvalue weighted by Gasteiger charge is 2.25. The van der Waals surface area contributed by atoms with Crippen molar-refractivity contribution in [3.8, 4) is 5.75 Å². The molecule has 2 amide bonds. The van der Waals surface area contributed by atoms with E-state index < -0.39 is 0 Å². The van der Waals surface area contributed by atoms with Crippen LogP contribution < -0.4 is 10.1 Å². The predicted molar refractivity (Wildman–Crippen MR) is 96.3 cm³/mol. The van der Waals surface area contributed by atoms with Gasteiger partial charge in [-0.05, 0) is 37.5 Å². The van der Waals surface area contributed by atoms with E-state index in [0.29, 0.717) is 48.9 Å². The van der Waals surface area contributed by atoms with Gasteiger partial charge in [-0.3, -0.25) is 4.79 Å². The smallest absolute Gasteiger partial charge is 0.409 e. The molecule has 7 heteroatoms. The van der Waals surface area contributed by atoms with Crippen LogP contribution in [0, 0.1) is 0 Å². The highest BCUT2D eigenvalue weighted by Crippen LogP contribution is 2.23. The van der Waals surface area contributed by atoms with E-state index in [1.807, 2.05) is 0 Å². The fourth-order valence-electron chi connectivity index (χ4n) is 2.72. The summed E-state index contributed by atoms with van der Waals surface area (Å²) in [5.41, 5.74) is 0.413. The molecule has 0 saturated carbocycles. The van der Waals surface area contributed by atoms with E-state index in [9.17, 15) is 9.59 Å². The number of nitrogens with one attached hydrogen (secondary N) is 1. The van der Waals surface area contributed by atoms with Gasteiger partial charge in [0.15, 0.2) is 0 Å². The molecule has 0 atom stereocenters. The van der Waals surface area contributed by atoms with Crippen molar-refractivity contribution in [3.05, 3.63) is 28.8 Å². The van der Waals surface area contributed by atoms with Gasteiger partial charge in [0.1, 0.15) is 5.75 Å². The number of hydrogen-bond donors (Lipinski definition) is 1. The lowest BCUT2D eigenvalue weighted by Gasteiger charge is -2.31. The van der Waals surface area contributed by atoms with Crippen molar-refractivity contribution in [2.24, 2.45) is 0 Å². The minimum Gasteiger partial charge on any atom is -0.496 e. The van der Waals surface area contributed by atoms with Crippen LogP contribution in [0.1, 0.15) is 43.0 Å². The summed E-state index contributed by atoms with van der Waals surface area (Å²) >= 11 is 5.97. The second-order valence-electron chi connectivity index (χ2n) is 6.05. The summed E-state index contributed by atoms with van der Waals surface area (Å²) in [5.74, 6) is 0.266. The van der Waals surface area contributed by atoms with Gasteiger partial charge in [0.2, 0.25) is 0 Å². The molecule has 6 nitrogen and oxygen atoms in total. The molecule has 1 fully saturated rings. The van der Waals surface area contributed by atoms with Crippen molar-refractivity contribution >= 4 is 23.6 Å². The van der Waals surface area contributed by atoms with E-state index in [-0.39, 0.29) is 18.0 Å². The van der Waals surface area contributed by atoms with Crippen molar-refractivity contribution in [2.45, 2.75) is 38.6 Å². The van der Waals surface area contributed by atoms with Crippen LogP contribution in [0.2, 0.25) is 5.02 Å². The van der Waals surface area contributed by atoms with Crippen molar-refractivity contribution in [1.29, 1.82) is 0 Å². The summed E-state index contributed by atoms with van der Waals surface area (Å²) in [6.45, 7) is 3.66. The number of unbranched alkanes of at least 4 members (excludes halogenated alkanes) is 1. The number of benzene rings is 1. The molecule has 1 N–H and O–H groups in total. The molecule has 138 valence electrons. The predicted octanol–water partition coefficient (Wildman–Crippen LogP) is 3.48. The second kappa shape index (κ2) is 9.51. The van der Waals surface area contributed by atoms with Crippen LogP contribution in [0.5, 0.6) is 5.75 Å². The SMILES string of the molecule is CCCCOC(=O)N1CCC(NC(=O)c2cc(Cl)ccc2OC)CC1. The highest BCUT2D eigenvalue weighted by molar-refractivity contribution is 6.31. The maximum atomic E-state index is 12.5. The molecule has 0 bridgehead atoms. The third-order valence-corrected chi connectivity index (χ3v) is 4.45. The quantitative estimate of drug-likeness (QED) is 0.780. The molecule has 0 unspecified atom stereocenters. The molecule has 0 spiro atoms. The first-order chi connectivity index (χ1) is 12.0. The number of likely N-dealkylation sites (tertiary alicyclic amines) is 1. The Morgan fingerprint density at radius 1 is 1.32 bits per heavy atom. The lowest BCUT2D eigenvalue weighted by atomic mass is 10.0. The zero-order chi connectivity index (χ0) is 18.2. The lowest BCUT2D eigenvalue weighted by molar-refractivity contribution is 0.0835. The normalized spacial score (nSPS) is 14.9. The Hall–Kier alpha value is -1.95. The Labute approximate surface area is 153 Å². The molecule has 1 aliphatic heterocycles. The Morgan fingerprint density at radius 2 is 2.04 bits per heavy atom. The van der Waals surface area contributed by atoms with Crippen LogP contribution in [0.4, 0.5) is 4.79 Å². The lowest BCUT2D eigenvalue weighted by Crippen LogP contribution is -2.46. The van der Waals surface area contributed by atoms with Crippen LogP contribution in [-0.2, 0) is 4.74 Å². The largest absolute Gasteiger partial charge is 0.496 e. The number of piperidine rings is 1. The highest BCUT2D eigenvalue weighted by atomic mass is 35.5. The first-order valence-electron chi connectivity index (χ1n) is 8.61. The molecule has 0 aromatic heterocycles. The van der Waals surface area contributed by atoms with Gasteiger partial charge >= 0.3 is 6.09 Å². The number of methoxy groups -OCH3 is 1. The van der Waals surface area contributed by atoms with E-state index in [2.05, 4.69) is 12.2 Å². The molecule has 1 saturated heterocycles. The topological polar surface area (TPSA) is 67.9 Å². The van der Waals surface area contributed by atoms with Gasteiger partial charge in [0, 0.05) is 24.2 Å². The van der Waals surface area contributed by atoms with Gasteiger partial charge < -0.3 is 19.7 Å². The number of carbonyl (C=O) groups is 2. The number of amides is 2. The molecule has 1 aromatic carbocycles. The maximum absolute atomic E-state index is 12.5. The molecular formula is C18H25ClN2O4. The summed E-state index contributed by atoms with van der Waals surface area (Å²) in [7, 11) is 1.52. The standard InChI is InChI=1S/C18H25ClN2O4/c1-3-4-11-25-18(23)21-9-7-14(8-10-21)20-17(22)15-12-13(19)5-6-16(15)24-2/h5-6,12,14H,3-4,7-11H2,1-2H3,(H,20,22). The third kappa shape index (κ3) is 5.53. The van der Waals surface area contributed by atoms with Gasteiger partial charge in [0.05, 0.1) is 19.3 Å². The fourth-order valence-corrected chi connectivity index (χ4v) is 2.89. The third-order valence-electron chi connectivity index (χ3n) is 4.22. The number of carbonyl (C=O) groups excluding carboxylic acids is 2. The van der Waals surface area contributed by atoms with Gasteiger partial charge in [0.25, 0.3) is 5.91 Å². The summed E-state index contributed by atoms with van der Waals surface area (Å²) in [5, 5.41) is 3.47. The van der Waals surface area contributed by atoms with Crippen LogP contribution in [0.15, 0.2) is 18.2 Å². The average Bonchev–Trinajstić information content (AvgIpc) is 2.62. The Morgan fingerprint density at radius 3 is 2.68 bits per heavy atom. The second-order valence-corrected chi connectivity index (χ2v) is 6.48. The van der Waals surface area contributed by atoms with E-state index >= 15 is 0 Å². The Kier molecular flexibility index (Phi) is 7.37. The molecule has 0 radical (unpaired) electrons. The van der Waals surface area contributed by atoms with E-state index in [4.69, 9.17) is 21.1 Å². The minimum absolute atomic E-state index is 0.0101. The first-order valence-corrected chi connectivity index (χ1v) is 8.99. The van der Waals surface area contributed by atoms with E-state index in [1.165, 1.54) is 7.11 Å². The maximum Gasteiger partial charge on any atom is 0.409 e. The van der Waals surface area contributed by atoms with Crippen LogP contribution in [-0.4, -0.2) is 49.7 Å². The average molecular weight is 369 g/mol. The van der Waals surface area contributed by atoms with Crippen LogP contribution >= 0.6 is 11.6 Å². The minimum atomic E-state index is -0.269. The first kappa shape index (κ1) is 19.4. The van der Waals surface area contributed by atoms with Gasteiger partial charge in [-0.1, -0.05) is 24.9 Å². The summed E-state index contributed by atoms with van der Waals surface area (Å²) in [4.78, 5) is 26.1. The van der Waals surface area contributed by atoms with Crippen LogP contribution in [0.3, 0.4) is 0 Å². The molecular weight excluding hydrogens is 344 g/mol. The number of rotatable bonds is 6. The van der Waals surface area contributed by atoms with Crippen molar-refractivity contribution in [1.82, 2.24) is 10.2 Å². The molecule has 1 heterocycles. The summed E-state index contributed by atoms with van der Waals surface area (Å²) in [6, 6.07) is 4.96. The van der Waals surface area contributed by atoms with Gasteiger partial charge in [-0.15, -0.1) is 0 Å². The van der Waals surface area contributed by atoms with E-state index in [1.54, 1.807) is 23.1 Å². The van der Waals surface area contributed by atoms with Crippen molar-refractivity contribution < 1.29 is 19.1 Å². The van der Waals surface area contributed by atoms with Crippen LogP contribution in [0.25, 0.3) is 0 Å². The number of ether oxygens (including phenoxy) is 2. The van der Waals surface area contributed by atoms with Gasteiger partial charge in [-0.25, -0.2) is 4.79 Å². The Bertz CT molecular complexity index is 601. The Balaban J connectivity index is 1.84. The number of nitrogens with zero attached hydrogens (tertiary/aromatic N) is 1. The molecule has 1 aliphatic rings. The zero-order valence-electron chi connectivity index (χ0n) is 14.7. The summed E-state index contributed by atoms with van der Waals surface area (Å²) in [6.07, 6.45) is 2.98. The van der Waals surface area contributed by atoms with Crippen molar-refractivity contribution in [2.75, 3.05) is 26.8 Å². The number of hydrogen-bond acceptors (Lipinski definition) is 4.